The molecule has 0 aromatic carbocycles. The van der Waals surface area contributed by atoms with Crippen molar-refractivity contribution < 1.29 is 8.42 Å². The summed E-state index contributed by atoms with van der Waals surface area (Å²) in [4.78, 5) is 0. The molecular weight excluding hydrogens is 276 g/mol. The van der Waals surface area contributed by atoms with Crippen LogP contribution in [0.25, 0.3) is 0 Å². The van der Waals surface area contributed by atoms with Crippen molar-refractivity contribution >= 4 is 10.0 Å². The lowest BCUT2D eigenvalue weighted by Gasteiger charge is -2.20. The molecule has 2 fully saturated rings. The first kappa shape index (κ1) is 13.8. The van der Waals surface area contributed by atoms with Crippen molar-refractivity contribution in [2.45, 2.75) is 49.3 Å². The largest absolute Gasteiger partial charge is 0.310 e. The van der Waals surface area contributed by atoms with E-state index in [2.05, 4.69) is 22.1 Å². The fraction of sp³-hybridized carbons (Fsp3) is 0.615. The standard InChI is InChI=1S/C13H20N4O2S/c1-2-7-17(12-5-6-12)20(18,19)13-10(9-15-16-13)8-14-11-3-4-11/h2,9,11-12,14H,1,3-8H2,(H,15,16). The number of nitrogens with one attached hydrogen (secondary N) is 2. The average Bonchev–Trinajstić information content (AvgIpc) is 3.33. The molecule has 2 aliphatic carbocycles. The van der Waals surface area contributed by atoms with Crippen LogP contribution in [-0.2, 0) is 16.6 Å². The molecule has 1 heterocycles. The number of aromatic nitrogens is 2. The Morgan fingerprint density at radius 3 is 2.80 bits per heavy atom. The first-order chi connectivity index (χ1) is 9.63. The first-order valence-electron chi connectivity index (χ1n) is 7.01. The van der Waals surface area contributed by atoms with E-state index in [1.54, 1.807) is 12.3 Å². The highest BCUT2D eigenvalue weighted by Gasteiger charge is 2.39. The van der Waals surface area contributed by atoms with Crippen molar-refractivity contribution in [3.8, 4) is 0 Å². The van der Waals surface area contributed by atoms with Gasteiger partial charge in [0.1, 0.15) is 0 Å². The van der Waals surface area contributed by atoms with Crippen molar-refractivity contribution in [1.82, 2.24) is 19.8 Å². The number of aromatic amines is 1. The Balaban J connectivity index is 1.81. The van der Waals surface area contributed by atoms with Crippen LogP contribution in [0.4, 0.5) is 0 Å². The lowest BCUT2D eigenvalue weighted by atomic mass is 10.3. The monoisotopic (exact) mass is 296 g/mol. The Labute approximate surface area is 119 Å². The predicted molar refractivity (Wildman–Crippen MR) is 75.6 cm³/mol. The second-order valence-electron chi connectivity index (χ2n) is 5.47. The van der Waals surface area contributed by atoms with Gasteiger partial charge in [0.05, 0.1) is 6.20 Å². The fourth-order valence-corrected chi connectivity index (χ4v) is 4.00. The molecule has 7 heteroatoms. The lowest BCUT2D eigenvalue weighted by Crippen LogP contribution is -2.34. The predicted octanol–water partition coefficient (Wildman–Crippen LogP) is 1.00. The van der Waals surface area contributed by atoms with Crippen molar-refractivity contribution in [3.63, 3.8) is 0 Å². The summed E-state index contributed by atoms with van der Waals surface area (Å²) in [6.07, 6.45) is 7.43. The SMILES string of the molecule is C=CCN(C1CC1)S(=O)(=O)c1[nH]ncc1CNC1CC1. The van der Waals surface area contributed by atoms with Crippen molar-refractivity contribution in [1.29, 1.82) is 0 Å². The van der Waals surface area contributed by atoms with Gasteiger partial charge in [-0.3, -0.25) is 5.10 Å². The molecule has 20 heavy (non-hydrogen) atoms. The number of hydrogen-bond acceptors (Lipinski definition) is 4. The Bertz CT molecular complexity index is 587. The van der Waals surface area contributed by atoms with E-state index < -0.39 is 10.0 Å². The van der Waals surface area contributed by atoms with Gasteiger partial charge in [0.25, 0.3) is 10.0 Å². The number of nitrogens with zero attached hydrogens (tertiary/aromatic N) is 2. The molecular formula is C13H20N4O2S. The molecule has 0 spiro atoms. The van der Waals surface area contributed by atoms with E-state index in [4.69, 9.17) is 0 Å². The topological polar surface area (TPSA) is 78.1 Å². The maximum atomic E-state index is 12.7. The highest BCUT2D eigenvalue weighted by Crippen LogP contribution is 2.32. The molecule has 1 aromatic rings. The normalized spacial score (nSPS) is 19.4. The van der Waals surface area contributed by atoms with E-state index in [9.17, 15) is 8.42 Å². The minimum absolute atomic E-state index is 0.116. The molecule has 0 saturated heterocycles. The van der Waals surface area contributed by atoms with E-state index in [0.29, 0.717) is 24.7 Å². The van der Waals surface area contributed by atoms with Crippen LogP contribution in [0.5, 0.6) is 0 Å². The van der Waals surface area contributed by atoms with Gasteiger partial charge in [0.2, 0.25) is 0 Å². The summed E-state index contributed by atoms with van der Waals surface area (Å²) in [5, 5.41) is 10.1. The highest BCUT2D eigenvalue weighted by atomic mass is 32.2. The molecule has 110 valence electrons. The van der Waals surface area contributed by atoms with Crippen molar-refractivity contribution in [3.05, 3.63) is 24.4 Å². The summed E-state index contributed by atoms with van der Waals surface area (Å²) in [5.41, 5.74) is 0.714. The smallest absolute Gasteiger partial charge is 0.260 e. The van der Waals surface area contributed by atoms with Crippen LogP contribution in [0.3, 0.4) is 0 Å². The van der Waals surface area contributed by atoms with Gasteiger partial charge in [-0.05, 0) is 25.7 Å². The van der Waals surface area contributed by atoms with Crippen LogP contribution in [0.1, 0.15) is 31.2 Å². The van der Waals surface area contributed by atoms with E-state index in [-0.39, 0.29) is 11.1 Å². The van der Waals surface area contributed by atoms with Crippen molar-refractivity contribution in [2.24, 2.45) is 0 Å². The molecule has 0 amide bonds. The van der Waals surface area contributed by atoms with Gasteiger partial charge in [0.15, 0.2) is 5.03 Å². The van der Waals surface area contributed by atoms with E-state index >= 15 is 0 Å². The zero-order valence-electron chi connectivity index (χ0n) is 11.4. The third-order valence-electron chi connectivity index (χ3n) is 3.67. The molecule has 2 aliphatic rings. The maximum Gasteiger partial charge on any atom is 0.260 e. The second-order valence-corrected chi connectivity index (χ2v) is 7.30. The molecule has 3 rings (SSSR count). The molecule has 2 N–H and O–H groups in total. The third kappa shape index (κ3) is 2.79. The number of rotatable bonds is 8. The Morgan fingerprint density at radius 1 is 1.45 bits per heavy atom. The molecule has 6 nitrogen and oxygen atoms in total. The van der Waals surface area contributed by atoms with Gasteiger partial charge in [-0.15, -0.1) is 6.58 Å². The van der Waals surface area contributed by atoms with Gasteiger partial charge < -0.3 is 5.32 Å². The number of H-pyrrole nitrogens is 1. The Hall–Kier alpha value is -1.18. The van der Waals surface area contributed by atoms with Crippen LogP contribution in [-0.4, -0.2) is 41.5 Å². The maximum absolute atomic E-state index is 12.7. The van der Waals surface area contributed by atoms with Crippen LogP contribution in [0.2, 0.25) is 0 Å². The summed E-state index contributed by atoms with van der Waals surface area (Å²) >= 11 is 0. The average molecular weight is 296 g/mol. The zero-order chi connectivity index (χ0) is 14.2. The second kappa shape index (κ2) is 5.31. The molecule has 2 saturated carbocycles. The summed E-state index contributed by atoms with van der Waals surface area (Å²) in [6, 6.07) is 0.652. The number of hydrogen-bond donors (Lipinski definition) is 2. The van der Waals surface area contributed by atoms with Gasteiger partial charge in [-0.1, -0.05) is 6.08 Å². The molecule has 0 radical (unpaired) electrons. The van der Waals surface area contributed by atoms with Crippen LogP contribution in [0, 0.1) is 0 Å². The summed E-state index contributed by atoms with van der Waals surface area (Å²) < 4.78 is 27.0. The zero-order valence-corrected chi connectivity index (χ0v) is 12.2. The van der Waals surface area contributed by atoms with Gasteiger partial charge >= 0.3 is 0 Å². The summed E-state index contributed by atoms with van der Waals surface area (Å²) in [7, 11) is -3.51. The van der Waals surface area contributed by atoms with E-state index in [1.165, 1.54) is 17.1 Å². The number of sulfonamides is 1. The minimum Gasteiger partial charge on any atom is -0.310 e. The fourth-order valence-electron chi connectivity index (χ4n) is 2.24. The highest BCUT2D eigenvalue weighted by molar-refractivity contribution is 7.89. The van der Waals surface area contributed by atoms with E-state index in [1.807, 2.05) is 0 Å². The molecule has 0 atom stereocenters. The lowest BCUT2D eigenvalue weighted by molar-refractivity contribution is 0.432. The first-order valence-corrected chi connectivity index (χ1v) is 8.45. The quantitative estimate of drug-likeness (QED) is 0.702. The van der Waals surface area contributed by atoms with E-state index in [0.717, 1.165) is 12.8 Å². The molecule has 0 unspecified atom stereocenters. The summed E-state index contributed by atoms with van der Waals surface area (Å²) in [6.45, 7) is 4.54. The minimum atomic E-state index is -3.51. The molecule has 0 aliphatic heterocycles. The van der Waals surface area contributed by atoms with Crippen LogP contribution in [0.15, 0.2) is 23.9 Å². The van der Waals surface area contributed by atoms with Crippen LogP contribution < -0.4 is 5.32 Å². The van der Waals surface area contributed by atoms with Gasteiger partial charge in [-0.25, -0.2) is 8.42 Å². The van der Waals surface area contributed by atoms with Gasteiger partial charge in [-0.2, -0.15) is 9.40 Å². The summed E-state index contributed by atoms with van der Waals surface area (Å²) in [5.74, 6) is 0. The third-order valence-corrected chi connectivity index (χ3v) is 5.60. The van der Waals surface area contributed by atoms with Crippen LogP contribution >= 0.6 is 0 Å². The molecule has 1 aromatic heterocycles. The van der Waals surface area contributed by atoms with Crippen molar-refractivity contribution in [2.75, 3.05) is 6.54 Å². The van der Waals surface area contributed by atoms with Gasteiger partial charge in [0, 0.05) is 30.7 Å². The molecule has 0 bridgehead atoms. The Morgan fingerprint density at radius 2 is 2.20 bits per heavy atom. The Kier molecular flexibility index (Phi) is 3.66.